The SMILES string of the molecule is CC[C@@H](C(=O)NC)N(Cc1ccc(F)cc1)C(=O)CN(c1ccccc1F)S(=O)(=O)c1ccc(C)cc1. The van der Waals surface area contributed by atoms with E-state index in [1.54, 1.807) is 26.0 Å². The highest BCUT2D eigenvalue weighted by molar-refractivity contribution is 7.92. The van der Waals surface area contributed by atoms with E-state index >= 15 is 0 Å². The Kier molecular flexibility index (Phi) is 8.99. The molecule has 2 amide bonds. The quantitative estimate of drug-likeness (QED) is 0.430. The Morgan fingerprint density at radius 1 is 0.946 bits per heavy atom. The number of benzene rings is 3. The fraction of sp³-hybridized carbons (Fsp3) is 0.259. The van der Waals surface area contributed by atoms with Crippen molar-refractivity contribution in [2.45, 2.75) is 37.8 Å². The van der Waals surface area contributed by atoms with Crippen LogP contribution in [0.4, 0.5) is 14.5 Å². The van der Waals surface area contributed by atoms with Gasteiger partial charge >= 0.3 is 0 Å². The number of halogens is 2. The number of carbonyl (C=O) groups excluding carboxylic acids is 2. The van der Waals surface area contributed by atoms with Gasteiger partial charge in [0.05, 0.1) is 10.6 Å². The molecule has 0 aliphatic heterocycles. The van der Waals surface area contributed by atoms with Gasteiger partial charge in [0.1, 0.15) is 24.2 Å². The van der Waals surface area contributed by atoms with Gasteiger partial charge in [0.15, 0.2) is 0 Å². The maximum atomic E-state index is 14.9. The van der Waals surface area contributed by atoms with Gasteiger partial charge in [-0.3, -0.25) is 13.9 Å². The van der Waals surface area contributed by atoms with Gasteiger partial charge in [-0.2, -0.15) is 0 Å². The van der Waals surface area contributed by atoms with Gasteiger partial charge in [-0.15, -0.1) is 0 Å². The van der Waals surface area contributed by atoms with Gasteiger partial charge in [-0.05, 0) is 55.3 Å². The van der Waals surface area contributed by atoms with Crippen LogP contribution in [0.3, 0.4) is 0 Å². The number of sulfonamides is 1. The number of para-hydroxylation sites is 1. The van der Waals surface area contributed by atoms with Gasteiger partial charge in [-0.25, -0.2) is 17.2 Å². The molecule has 0 fully saturated rings. The number of hydrogen-bond acceptors (Lipinski definition) is 4. The molecule has 10 heteroatoms. The summed E-state index contributed by atoms with van der Waals surface area (Å²) in [6.07, 6.45) is 0.233. The Morgan fingerprint density at radius 3 is 2.14 bits per heavy atom. The Labute approximate surface area is 215 Å². The number of likely N-dealkylation sites (N-methyl/N-ethyl adjacent to an activating group) is 1. The van der Waals surface area contributed by atoms with Crippen LogP contribution < -0.4 is 9.62 Å². The molecule has 7 nitrogen and oxygen atoms in total. The lowest BCUT2D eigenvalue weighted by Crippen LogP contribution is -2.51. The lowest BCUT2D eigenvalue weighted by atomic mass is 10.1. The average molecular weight is 530 g/mol. The maximum absolute atomic E-state index is 14.9. The molecule has 0 unspecified atom stereocenters. The monoisotopic (exact) mass is 529 g/mol. The number of rotatable bonds is 10. The highest BCUT2D eigenvalue weighted by atomic mass is 32.2. The van der Waals surface area contributed by atoms with Gasteiger partial charge in [0.25, 0.3) is 10.0 Å². The third-order valence-electron chi connectivity index (χ3n) is 5.91. The molecule has 0 aliphatic rings. The molecule has 1 N–H and O–H groups in total. The van der Waals surface area contributed by atoms with Gasteiger partial charge in [0.2, 0.25) is 11.8 Å². The summed E-state index contributed by atoms with van der Waals surface area (Å²) in [5.41, 5.74) is 1.07. The minimum absolute atomic E-state index is 0.0826. The second-order valence-electron chi connectivity index (χ2n) is 8.46. The zero-order valence-electron chi connectivity index (χ0n) is 20.8. The molecular weight excluding hydrogens is 500 g/mol. The average Bonchev–Trinajstić information content (AvgIpc) is 2.88. The summed E-state index contributed by atoms with van der Waals surface area (Å²) < 4.78 is 56.3. The highest BCUT2D eigenvalue weighted by Crippen LogP contribution is 2.27. The van der Waals surface area contributed by atoms with Crippen molar-refractivity contribution in [3.05, 3.63) is 95.6 Å². The van der Waals surface area contributed by atoms with Crippen molar-refractivity contribution in [1.82, 2.24) is 10.2 Å². The smallest absolute Gasteiger partial charge is 0.264 e. The van der Waals surface area contributed by atoms with Crippen LogP contribution in [0, 0.1) is 18.6 Å². The van der Waals surface area contributed by atoms with E-state index in [-0.39, 0.29) is 23.5 Å². The molecule has 0 saturated heterocycles. The minimum Gasteiger partial charge on any atom is -0.357 e. The first kappa shape index (κ1) is 27.8. The lowest BCUT2D eigenvalue weighted by molar-refractivity contribution is -0.140. The van der Waals surface area contributed by atoms with E-state index in [1.807, 2.05) is 0 Å². The number of aryl methyl sites for hydroxylation is 1. The van der Waals surface area contributed by atoms with E-state index in [1.165, 1.54) is 66.5 Å². The third kappa shape index (κ3) is 6.51. The van der Waals surface area contributed by atoms with Crippen LogP contribution in [0.25, 0.3) is 0 Å². The second kappa shape index (κ2) is 12.0. The Balaban J connectivity index is 2.06. The summed E-state index contributed by atoms with van der Waals surface area (Å²) in [6.45, 7) is 2.67. The van der Waals surface area contributed by atoms with Crippen molar-refractivity contribution in [2.75, 3.05) is 17.9 Å². The molecule has 37 heavy (non-hydrogen) atoms. The molecule has 0 bridgehead atoms. The summed E-state index contributed by atoms with van der Waals surface area (Å²) in [4.78, 5) is 27.5. The molecule has 196 valence electrons. The van der Waals surface area contributed by atoms with Crippen molar-refractivity contribution < 1.29 is 26.8 Å². The maximum Gasteiger partial charge on any atom is 0.264 e. The molecule has 1 atom stereocenters. The second-order valence-corrected chi connectivity index (χ2v) is 10.3. The first-order chi connectivity index (χ1) is 17.6. The predicted molar refractivity (Wildman–Crippen MR) is 137 cm³/mol. The topological polar surface area (TPSA) is 86.8 Å². The molecule has 3 rings (SSSR count). The number of hydrogen-bond donors (Lipinski definition) is 1. The standard InChI is InChI=1S/C27H29F2N3O4S/c1-4-24(27(34)30-3)31(17-20-11-13-21(28)14-12-20)26(33)18-32(25-8-6-5-7-23(25)29)37(35,36)22-15-9-19(2)10-16-22/h5-16,24H,4,17-18H2,1-3H3,(H,30,34)/t24-/m0/s1. The van der Waals surface area contributed by atoms with Crippen molar-refractivity contribution in [1.29, 1.82) is 0 Å². The van der Waals surface area contributed by atoms with Crippen molar-refractivity contribution in [3.8, 4) is 0 Å². The van der Waals surface area contributed by atoms with E-state index < -0.39 is 46.1 Å². The lowest BCUT2D eigenvalue weighted by Gasteiger charge is -2.33. The highest BCUT2D eigenvalue weighted by Gasteiger charge is 2.34. The Morgan fingerprint density at radius 2 is 1.57 bits per heavy atom. The number of carbonyl (C=O) groups is 2. The first-order valence-corrected chi connectivity index (χ1v) is 13.1. The third-order valence-corrected chi connectivity index (χ3v) is 7.68. The van der Waals surface area contributed by atoms with Crippen LogP contribution in [0.1, 0.15) is 24.5 Å². The van der Waals surface area contributed by atoms with Crippen LogP contribution in [0.15, 0.2) is 77.7 Å². The van der Waals surface area contributed by atoms with Crippen molar-refractivity contribution in [3.63, 3.8) is 0 Å². The van der Waals surface area contributed by atoms with Crippen molar-refractivity contribution >= 4 is 27.5 Å². The molecule has 0 aliphatic carbocycles. The van der Waals surface area contributed by atoms with E-state index in [0.29, 0.717) is 9.87 Å². The molecule has 0 aromatic heterocycles. The molecule has 0 spiro atoms. The summed E-state index contributed by atoms with van der Waals surface area (Å²) in [5, 5.41) is 2.52. The number of nitrogens with zero attached hydrogens (tertiary/aromatic N) is 2. The fourth-order valence-electron chi connectivity index (χ4n) is 3.88. The molecule has 3 aromatic rings. The molecule has 3 aromatic carbocycles. The van der Waals surface area contributed by atoms with Crippen LogP contribution in [0.5, 0.6) is 0 Å². The number of anilines is 1. The van der Waals surface area contributed by atoms with E-state index in [0.717, 1.165) is 11.6 Å². The van der Waals surface area contributed by atoms with Crippen molar-refractivity contribution in [2.24, 2.45) is 0 Å². The van der Waals surface area contributed by atoms with E-state index in [9.17, 15) is 26.8 Å². The summed E-state index contributed by atoms with van der Waals surface area (Å²) in [6, 6.07) is 15.7. The van der Waals surface area contributed by atoms with Gasteiger partial charge in [0, 0.05) is 13.6 Å². The van der Waals surface area contributed by atoms with Crippen LogP contribution in [-0.4, -0.2) is 44.8 Å². The Hall–Kier alpha value is -3.79. The fourth-order valence-corrected chi connectivity index (χ4v) is 5.30. The number of amides is 2. The summed E-state index contributed by atoms with van der Waals surface area (Å²) in [5.74, 6) is -2.46. The zero-order valence-corrected chi connectivity index (χ0v) is 21.6. The largest absolute Gasteiger partial charge is 0.357 e. The Bertz CT molecular complexity index is 1350. The molecule has 0 radical (unpaired) electrons. The summed E-state index contributed by atoms with van der Waals surface area (Å²) >= 11 is 0. The molecule has 0 heterocycles. The van der Waals surface area contributed by atoms with Crippen LogP contribution in [-0.2, 0) is 26.2 Å². The summed E-state index contributed by atoms with van der Waals surface area (Å²) in [7, 11) is -2.93. The molecule has 0 saturated carbocycles. The molecular formula is C27H29F2N3O4S. The normalized spacial score (nSPS) is 12.0. The van der Waals surface area contributed by atoms with Gasteiger partial charge < -0.3 is 10.2 Å². The van der Waals surface area contributed by atoms with E-state index in [2.05, 4.69) is 5.32 Å². The van der Waals surface area contributed by atoms with Crippen LogP contribution >= 0.6 is 0 Å². The first-order valence-electron chi connectivity index (χ1n) is 11.7. The van der Waals surface area contributed by atoms with Gasteiger partial charge in [-0.1, -0.05) is 48.9 Å². The van der Waals surface area contributed by atoms with Crippen LogP contribution in [0.2, 0.25) is 0 Å². The minimum atomic E-state index is -4.36. The predicted octanol–water partition coefficient (Wildman–Crippen LogP) is 4.02. The zero-order chi connectivity index (χ0) is 27.2. The number of nitrogens with one attached hydrogen (secondary N) is 1. The van der Waals surface area contributed by atoms with E-state index in [4.69, 9.17) is 0 Å².